The summed E-state index contributed by atoms with van der Waals surface area (Å²) < 4.78 is 0. The van der Waals surface area contributed by atoms with E-state index >= 15 is 0 Å². The van der Waals surface area contributed by atoms with E-state index in [1.165, 1.54) is 23.5 Å². The monoisotopic (exact) mass is 283 g/mol. The normalized spacial score (nSPS) is 12.8. The number of aryl methyl sites for hydroxylation is 2. The highest BCUT2D eigenvalue weighted by Crippen LogP contribution is 2.23. The predicted octanol–water partition coefficient (Wildman–Crippen LogP) is 1.92. The standard InChI is InChI=1S/C15H13N3O3/c19-14(11-5-4-9-2-1-3-10(9)8-11)18-13-12(15(20)21)16-6-7-17-13/h4-8H,1-3H2,(H,20,21)(H,17,18,19). The molecule has 106 valence electrons. The summed E-state index contributed by atoms with van der Waals surface area (Å²) in [5, 5.41) is 11.5. The fraction of sp³-hybridized carbons (Fsp3) is 0.200. The molecule has 1 aliphatic carbocycles. The first-order chi connectivity index (χ1) is 10.1. The van der Waals surface area contributed by atoms with Gasteiger partial charge in [-0.1, -0.05) is 6.07 Å². The maximum atomic E-state index is 12.2. The number of aromatic nitrogens is 2. The molecule has 0 bridgehead atoms. The van der Waals surface area contributed by atoms with Gasteiger partial charge in [0.1, 0.15) is 0 Å². The van der Waals surface area contributed by atoms with Gasteiger partial charge in [0.05, 0.1) is 0 Å². The number of carbonyl (C=O) groups excluding carboxylic acids is 1. The number of carbonyl (C=O) groups is 2. The van der Waals surface area contributed by atoms with Crippen molar-refractivity contribution in [3.05, 3.63) is 53.0 Å². The highest BCUT2D eigenvalue weighted by molar-refractivity contribution is 6.06. The lowest BCUT2D eigenvalue weighted by Crippen LogP contribution is -2.17. The number of hydrogen-bond acceptors (Lipinski definition) is 4. The van der Waals surface area contributed by atoms with Crippen LogP contribution in [-0.4, -0.2) is 27.0 Å². The zero-order valence-corrected chi connectivity index (χ0v) is 11.2. The van der Waals surface area contributed by atoms with Crippen molar-refractivity contribution in [1.29, 1.82) is 0 Å². The number of rotatable bonds is 3. The van der Waals surface area contributed by atoms with Gasteiger partial charge in [-0.25, -0.2) is 14.8 Å². The van der Waals surface area contributed by atoms with E-state index in [1.807, 2.05) is 12.1 Å². The van der Waals surface area contributed by atoms with Crippen LogP contribution in [0.4, 0.5) is 5.82 Å². The molecule has 0 saturated carbocycles. The van der Waals surface area contributed by atoms with E-state index in [9.17, 15) is 9.59 Å². The number of carboxylic acid groups (broad SMARTS) is 1. The number of anilines is 1. The Morgan fingerprint density at radius 3 is 2.67 bits per heavy atom. The average molecular weight is 283 g/mol. The van der Waals surface area contributed by atoms with Crippen molar-refractivity contribution in [2.75, 3.05) is 5.32 Å². The van der Waals surface area contributed by atoms with E-state index in [1.54, 1.807) is 6.07 Å². The van der Waals surface area contributed by atoms with Gasteiger partial charge in [0, 0.05) is 18.0 Å². The van der Waals surface area contributed by atoms with Crippen LogP contribution in [0.15, 0.2) is 30.6 Å². The zero-order valence-electron chi connectivity index (χ0n) is 11.2. The Bertz CT molecular complexity index is 728. The van der Waals surface area contributed by atoms with E-state index in [-0.39, 0.29) is 17.4 Å². The second-order valence-corrected chi connectivity index (χ2v) is 4.85. The highest BCUT2D eigenvalue weighted by atomic mass is 16.4. The van der Waals surface area contributed by atoms with E-state index < -0.39 is 5.97 Å². The number of amides is 1. The third-order valence-corrected chi connectivity index (χ3v) is 3.49. The van der Waals surface area contributed by atoms with Gasteiger partial charge in [-0.2, -0.15) is 0 Å². The van der Waals surface area contributed by atoms with Crippen molar-refractivity contribution in [1.82, 2.24) is 9.97 Å². The van der Waals surface area contributed by atoms with Gasteiger partial charge in [-0.15, -0.1) is 0 Å². The Morgan fingerprint density at radius 1 is 1.10 bits per heavy atom. The number of nitrogens with one attached hydrogen (secondary N) is 1. The fourth-order valence-corrected chi connectivity index (χ4v) is 2.48. The molecule has 3 rings (SSSR count). The molecule has 0 saturated heterocycles. The minimum absolute atomic E-state index is 0.0458. The Balaban J connectivity index is 1.85. The largest absolute Gasteiger partial charge is 0.476 e. The molecule has 1 amide bonds. The van der Waals surface area contributed by atoms with Crippen LogP contribution >= 0.6 is 0 Å². The summed E-state index contributed by atoms with van der Waals surface area (Å²) >= 11 is 0. The van der Waals surface area contributed by atoms with Gasteiger partial charge in [-0.3, -0.25) is 4.79 Å². The van der Waals surface area contributed by atoms with Gasteiger partial charge in [-0.05, 0) is 42.5 Å². The highest BCUT2D eigenvalue weighted by Gasteiger charge is 2.18. The topological polar surface area (TPSA) is 92.2 Å². The molecular formula is C15H13N3O3. The summed E-state index contributed by atoms with van der Waals surface area (Å²) in [4.78, 5) is 30.8. The second-order valence-electron chi connectivity index (χ2n) is 4.85. The van der Waals surface area contributed by atoms with Gasteiger partial charge in [0.2, 0.25) is 0 Å². The summed E-state index contributed by atoms with van der Waals surface area (Å²) in [5.74, 6) is -1.66. The molecule has 6 heteroatoms. The summed E-state index contributed by atoms with van der Waals surface area (Å²) in [6.07, 6.45) is 5.74. The smallest absolute Gasteiger partial charge is 0.358 e. The first-order valence-electron chi connectivity index (χ1n) is 6.62. The molecule has 0 unspecified atom stereocenters. The maximum Gasteiger partial charge on any atom is 0.358 e. The van der Waals surface area contributed by atoms with E-state index in [0.29, 0.717) is 5.56 Å². The van der Waals surface area contributed by atoms with Crippen LogP contribution in [0, 0.1) is 0 Å². The lowest BCUT2D eigenvalue weighted by atomic mass is 10.1. The SMILES string of the molecule is O=C(Nc1nccnc1C(=O)O)c1ccc2c(c1)CCC2. The molecule has 1 heterocycles. The molecule has 0 fully saturated rings. The van der Waals surface area contributed by atoms with Crippen molar-refractivity contribution >= 4 is 17.7 Å². The molecule has 1 aromatic carbocycles. The van der Waals surface area contributed by atoms with Crippen molar-refractivity contribution < 1.29 is 14.7 Å². The maximum absolute atomic E-state index is 12.2. The Labute approximate surface area is 120 Å². The third kappa shape index (κ3) is 2.60. The third-order valence-electron chi connectivity index (χ3n) is 3.49. The van der Waals surface area contributed by atoms with Crippen molar-refractivity contribution in [2.24, 2.45) is 0 Å². The van der Waals surface area contributed by atoms with Crippen molar-refractivity contribution in [2.45, 2.75) is 19.3 Å². The molecule has 1 aromatic heterocycles. The van der Waals surface area contributed by atoms with Crippen LogP contribution in [-0.2, 0) is 12.8 Å². The Hall–Kier alpha value is -2.76. The molecule has 0 spiro atoms. The van der Waals surface area contributed by atoms with Gasteiger partial charge < -0.3 is 10.4 Å². The summed E-state index contributed by atoms with van der Waals surface area (Å²) in [6.45, 7) is 0. The molecule has 21 heavy (non-hydrogen) atoms. The van der Waals surface area contributed by atoms with Crippen molar-refractivity contribution in [3.8, 4) is 0 Å². The predicted molar refractivity (Wildman–Crippen MR) is 75.4 cm³/mol. The van der Waals surface area contributed by atoms with E-state index in [0.717, 1.165) is 19.3 Å². The molecule has 0 radical (unpaired) electrons. The van der Waals surface area contributed by atoms with Crippen LogP contribution in [0.3, 0.4) is 0 Å². The average Bonchev–Trinajstić information content (AvgIpc) is 2.94. The summed E-state index contributed by atoms with van der Waals surface area (Å²) in [5.41, 5.74) is 2.68. The molecular weight excluding hydrogens is 270 g/mol. The summed E-state index contributed by atoms with van der Waals surface area (Å²) in [6, 6.07) is 5.55. The number of aromatic carboxylic acids is 1. The quantitative estimate of drug-likeness (QED) is 0.897. The molecule has 1 aliphatic rings. The van der Waals surface area contributed by atoms with E-state index in [4.69, 9.17) is 5.11 Å². The van der Waals surface area contributed by atoms with Gasteiger partial charge in [0.25, 0.3) is 5.91 Å². The lowest BCUT2D eigenvalue weighted by Gasteiger charge is -2.07. The van der Waals surface area contributed by atoms with Crippen LogP contribution in [0.25, 0.3) is 0 Å². The van der Waals surface area contributed by atoms with Gasteiger partial charge >= 0.3 is 5.97 Å². The minimum atomic E-state index is -1.23. The Kier molecular flexibility index (Phi) is 3.35. The molecule has 2 N–H and O–H groups in total. The Morgan fingerprint density at radius 2 is 1.86 bits per heavy atom. The number of fused-ring (bicyclic) bond motifs is 1. The van der Waals surface area contributed by atoms with Crippen LogP contribution in [0.2, 0.25) is 0 Å². The lowest BCUT2D eigenvalue weighted by molar-refractivity contribution is 0.0691. The molecule has 2 aromatic rings. The van der Waals surface area contributed by atoms with Crippen LogP contribution in [0.1, 0.15) is 38.4 Å². The van der Waals surface area contributed by atoms with E-state index in [2.05, 4.69) is 15.3 Å². The van der Waals surface area contributed by atoms with Crippen LogP contribution < -0.4 is 5.32 Å². The molecule has 6 nitrogen and oxygen atoms in total. The molecule has 0 atom stereocenters. The summed E-state index contributed by atoms with van der Waals surface area (Å²) in [7, 11) is 0. The van der Waals surface area contributed by atoms with Gasteiger partial charge in [0.15, 0.2) is 11.5 Å². The number of benzene rings is 1. The minimum Gasteiger partial charge on any atom is -0.476 e. The first-order valence-corrected chi connectivity index (χ1v) is 6.62. The van der Waals surface area contributed by atoms with Crippen LogP contribution in [0.5, 0.6) is 0 Å². The molecule has 0 aliphatic heterocycles. The number of carboxylic acids is 1. The van der Waals surface area contributed by atoms with Crippen molar-refractivity contribution in [3.63, 3.8) is 0 Å². The second kappa shape index (κ2) is 5.32. The number of nitrogens with zero attached hydrogens (tertiary/aromatic N) is 2. The first kappa shape index (κ1) is 13.2. The number of hydrogen-bond donors (Lipinski definition) is 2. The zero-order chi connectivity index (χ0) is 14.8. The fourth-order valence-electron chi connectivity index (χ4n) is 2.48.